The van der Waals surface area contributed by atoms with Gasteiger partial charge in [-0.1, -0.05) is 22.0 Å². The molecule has 2 aromatic carbocycles. The number of rotatable bonds is 6. The van der Waals surface area contributed by atoms with E-state index in [0.717, 1.165) is 9.99 Å². The van der Waals surface area contributed by atoms with E-state index < -0.39 is 17.9 Å². The van der Waals surface area contributed by atoms with E-state index in [-0.39, 0.29) is 6.42 Å². The molecule has 1 aromatic heterocycles. The molecule has 3 rings (SSSR count). The molecule has 0 aliphatic rings. The molecule has 1 atom stereocenters. The molecule has 0 spiro atoms. The van der Waals surface area contributed by atoms with Gasteiger partial charge in [0.15, 0.2) is 0 Å². The largest absolute Gasteiger partial charge is 0.370 e. The number of benzene rings is 2. The molecule has 0 saturated carbocycles. The number of aromatic amines is 1. The van der Waals surface area contributed by atoms with E-state index in [9.17, 15) is 9.59 Å². The molecule has 0 aliphatic carbocycles. The number of nitrogens with zero attached hydrogens (tertiary/aromatic N) is 2. The number of carbonyl (C=O) groups excluding carboxylic acids is 2. The van der Waals surface area contributed by atoms with Gasteiger partial charge in [-0.15, -0.1) is 5.11 Å². The van der Waals surface area contributed by atoms with Crippen LogP contribution in [0.5, 0.6) is 0 Å². The van der Waals surface area contributed by atoms with Crippen LogP contribution in [-0.2, 0) is 9.59 Å². The first-order valence-electron chi connectivity index (χ1n) is 8.06. The summed E-state index contributed by atoms with van der Waals surface area (Å²) in [6, 6.07) is 11.7. The standard InChI is InChI=1S/C18H17BrN6O2/c19-10-4-6-11(7-5-10)24-25-15-9-22-13-2-1-3-14(17(13)15)23-18(27)12(20)8-16(21)26/h1-7,9,12,22H,8,20H2,(H2,21,26)(H,23,27). The van der Waals surface area contributed by atoms with Crippen molar-refractivity contribution in [2.45, 2.75) is 12.5 Å². The first-order valence-corrected chi connectivity index (χ1v) is 8.85. The van der Waals surface area contributed by atoms with Crippen LogP contribution in [0.2, 0.25) is 0 Å². The fourth-order valence-corrected chi connectivity index (χ4v) is 2.77. The molecule has 0 saturated heterocycles. The zero-order valence-corrected chi connectivity index (χ0v) is 15.7. The Morgan fingerprint density at radius 2 is 1.89 bits per heavy atom. The summed E-state index contributed by atoms with van der Waals surface area (Å²) in [6.45, 7) is 0. The van der Waals surface area contributed by atoms with Crippen molar-refractivity contribution in [1.82, 2.24) is 4.98 Å². The van der Waals surface area contributed by atoms with E-state index in [4.69, 9.17) is 11.5 Å². The first-order chi connectivity index (χ1) is 12.9. The van der Waals surface area contributed by atoms with Gasteiger partial charge < -0.3 is 21.8 Å². The molecule has 0 bridgehead atoms. The Morgan fingerprint density at radius 3 is 2.59 bits per heavy atom. The summed E-state index contributed by atoms with van der Waals surface area (Å²) in [6.07, 6.45) is 1.47. The molecule has 0 fully saturated rings. The molecule has 27 heavy (non-hydrogen) atoms. The fourth-order valence-electron chi connectivity index (χ4n) is 2.50. The number of anilines is 1. The van der Waals surface area contributed by atoms with Crippen LogP contribution in [0, 0.1) is 0 Å². The maximum absolute atomic E-state index is 12.2. The van der Waals surface area contributed by atoms with Crippen LogP contribution in [0.1, 0.15) is 6.42 Å². The minimum Gasteiger partial charge on any atom is -0.370 e. The summed E-state index contributed by atoms with van der Waals surface area (Å²) in [5.41, 5.74) is 13.3. The number of azo groups is 1. The molecule has 8 nitrogen and oxygen atoms in total. The Labute approximate surface area is 163 Å². The predicted octanol–water partition coefficient (Wildman–Crippen LogP) is 3.49. The van der Waals surface area contributed by atoms with Crippen molar-refractivity contribution in [3.05, 3.63) is 53.1 Å². The van der Waals surface area contributed by atoms with Crippen LogP contribution in [0.4, 0.5) is 17.1 Å². The van der Waals surface area contributed by atoms with E-state index in [1.54, 1.807) is 18.3 Å². The number of nitrogens with one attached hydrogen (secondary N) is 2. The number of hydrogen-bond donors (Lipinski definition) is 4. The first kappa shape index (κ1) is 18.7. The highest BCUT2D eigenvalue weighted by Crippen LogP contribution is 2.33. The second-order valence-corrected chi connectivity index (χ2v) is 6.76. The van der Waals surface area contributed by atoms with E-state index in [0.29, 0.717) is 22.4 Å². The molecule has 0 aliphatic heterocycles. The number of primary amides is 1. The Morgan fingerprint density at radius 1 is 1.15 bits per heavy atom. The summed E-state index contributed by atoms with van der Waals surface area (Å²) >= 11 is 3.37. The Balaban J connectivity index is 1.89. The molecular formula is C18H17BrN6O2. The molecular weight excluding hydrogens is 412 g/mol. The summed E-state index contributed by atoms with van der Waals surface area (Å²) < 4.78 is 0.950. The van der Waals surface area contributed by atoms with Crippen LogP contribution in [0.15, 0.2) is 63.4 Å². The number of fused-ring (bicyclic) bond motifs is 1. The summed E-state index contributed by atoms with van der Waals surface area (Å²) in [7, 11) is 0. The Hall–Kier alpha value is -3.04. The van der Waals surface area contributed by atoms with Gasteiger partial charge >= 0.3 is 0 Å². The van der Waals surface area contributed by atoms with Gasteiger partial charge in [0.05, 0.1) is 29.2 Å². The van der Waals surface area contributed by atoms with Crippen molar-refractivity contribution in [2.24, 2.45) is 21.7 Å². The lowest BCUT2D eigenvalue weighted by Crippen LogP contribution is -2.39. The molecule has 9 heteroatoms. The summed E-state index contributed by atoms with van der Waals surface area (Å²) in [4.78, 5) is 26.3. The van der Waals surface area contributed by atoms with Crippen molar-refractivity contribution in [1.29, 1.82) is 0 Å². The predicted molar refractivity (Wildman–Crippen MR) is 107 cm³/mol. The summed E-state index contributed by atoms with van der Waals surface area (Å²) in [5, 5.41) is 11.9. The number of carbonyl (C=O) groups is 2. The highest BCUT2D eigenvalue weighted by Gasteiger charge is 2.18. The van der Waals surface area contributed by atoms with Crippen molar-refractivity contribution >= 4 is 55.7 Å². The average molecular weight is 429 g/mol. The van der Waals surface area contributed by atoms with E-state index in [2.05, 4.69) is 36.5 Å². The number of aromatic nitrogens is 1. The van der Waals surface area contributed by atoms with Gasteiger partial charge in [-0.2, -0.15) is 5.11 Å². The third-order valence-corrected chi connectivity index (χ3v) is 4.33. The van der Waals surface area contributed by atoms with E-state index in [1.807, 2.05) is 30.3 Å². The molecule has 1 unspecified atom stereocenters. The van der Waals surface area contributed by atoms with Crippen LogP contribution >= 0.6 is 15.9 Å². The number of halogens is 1. The lowest BCUT2D eigenvalue weighted by atomic mass is 10.1. The zero-order chi connectivity index (χ0) is 19.4. The number of amides is 2. The Bertz CT molecular complexity index is 1010. The SMILES string of the molecule is NC(=O)CC(N)C(=O)Nc1cccc2[nH]cc(N=Nc3ccc(Br)cc3)c12. The number of nitrogens with two attached hydrogens (primary N) is 2. The van der Waals surface area contributed by atoms with Gasteiger partial charge in [0.2, 0.25) is 11.8 Å². The van der Waals surface area contributed by atoms with Gasteiger partial charge in [0, 0.05) is 16.2 Å². The van der Waals surface area contributed by atoms with Crippen LogP contribution in [0.3, 0.4) is 0 Å². The monoisotopic (exact) mass is 428 g/mol. The highest BCUT2D eigenvalue weighted by atomic mass is 79.9. The highest BCUT2D eigenvalue weighted by molar-refractivity contribution is 9.10. The zero-order valence-electron chi connectivity index (χ0n) is 14.1. The van der Waals surface area contributed by atoms with Crippen molar-refractivity contribution in [2.75, 3.05) is 5.32 Å². The lowest BCUT2D eigenvalue weighted by Gasteiger charge is -2.11. The summed E-state index contributed by atoms with van der Waals surface area (Å²) in [5.74, 6) is -1.14. The van der Waals surface area contributed by atoms with E-state index in [1.165, 1.54) is 0 Å². The second-order valence-electron chi connectivity index (χ2n) is 5.84. The molecule has 0 radical (unpaired) electrons. The topological polar surface area (TPSA) is 139 Å². The van der Waals surface area contributed by atoms with Crippen LogP contribution < -0.4 is 16.8 Å². The maximum Gasteiger partial charge on any atom is 0.241 e. The van der Waals surface area contributed by atoms with Gasteiger partial charge in [-0.3, -0.25) is 9.59 Å². The third kappa shape index (κ3) is 4.57. The minimum atomic E-state index is -1.02. The normalized spacial score (nSPS) is 12.4. The van der Waals surface area contributed by atoms with Crippen LogP contribution in [0.25, 0.3) is 10.9 Å². The number of hydrogen-bond acceptors (Lipinski definition) is 5. The average Bonchev–Trinajstić information content (AvgIpc) is 3.05. The molecule has 1 heterocycles. The number of H-pyrrole nitrogens is 1. The van der Waals surface area contributed by atoms with Crippen molar-refractivity contribution in [3.63, 3.8) is 0 Å². The van der Waals surface area contributed by atoms with Gasteiger partial charge in [0.25, 0.3) is 0 Å². The van der Waals surface area contributed by atoms with Crippen molar-refractivity contribution in [3.8, 4) is 0 Å². The lowest BCUT2D eigenvalue weighted by molar-refractivity contribution is -0.123. The fraction of sp³-hybridized carbons (Fsp3) is 0.111. The molecule has 138 valence electrons. The van der Waals surface area contributed by atoms with Crippen LogP contribution in [-0.4, -0.2) is 22.8 Å². The Kier molecular flexibility index (Phi) is 5.63. The molecule has 2 amide bonds. The smallest absolute Gasteiger partial charge is 0.241 e. The van der Waals surface area contributed by atoms with E-state index >= 15 is 0 Å². The van der Waals surface area contributed by atoms with Gasteiger partial charge in [-0.05, 0) is 36.4 Å². The molecule has 6 N–H and O–H groups in total. The second kappa shape index (κ2) is 8.11. The van der Waals surface area contributed by atoms with Gasteiger partial charge in [0.1, 0.15) is 5.69 Å². The van der Waals surface area contributed by atoms with Gasteiger partial charge in [-0.25, -0.2) is 0 Å². The minimum absolute atomic E-state index is 0.231. The third-order valence-electron chi connectivity index (χ3n) is 3.80. The maximum atomic E-state index is 12.2. The quantitative estimate of drug-likeness (QED) is 0.446. The molecule has 3 aromatic rings. The van der Waals surface area contributed by atoms with Crippen molar-refractivity contribution < 1.29 is 9.59 Å².